The predicted molar refractivity (Wildman–Crippen MR) is 96.4 cm³/mol. The summed E-state index contributed by atoms with van der Waals surface area (Å²) < 4.78 is 25.1. The zero-order chi connectivity index (χ0) is 18.2. The molecule has 0 bridgehead atoms. The zero-order valence-corrected chi connectivity index (χ0v) is 16.7. The first-order valence-electron chi connectivity index (χ1n) is 7.27. The van der Waals surface area contributed by atoms with Gasteiger partial charge in [0, 0.05) is 19.8 Å². The summed E-state index contributed by atoms with van der Waals surface area (Å²) in [5, 5.41) is 2.71. The number of nitrogens with one attached hydrogen (secondary N) is 1. The maximum absolute atomic E-state index is 12.2. The van der Waals surface area contributed by atoms with Crippen LogP contribution in [0.5, 0.6) is 0 Å². The van der Waals surface area contributed by atoms with Crippen LogP contribution in [0.25, 0.3) is 0 Å². The van der Waals surface area contributed by atoms with Crippen LogP contribution in [0.4, 0.5) is 4.79 Å². The summed E-state index contributed by atoms with van der Waals surface area (Å²) in [6, 6.07) is 9.16. The molecule has 2 unspecified atom stereocenters. The number of halogens is 1. The summed E-state index contributed by atoms with van der Waals surface area (Å²) in [6.45, 7) is 4.28. The molecule has 0 saturated carbocycles. The molecular weight excluding hydrogens is 429 g/mol. The number of hydrogen-bond donors (Lipinski definition) is 1. The SMILES string of the molecule is COCOC(OC)OC(I)(NC(=O)OC(C)(C)C)c1ccccc1. The van der Waals surface area contributed by atoms with E-state index in [1.165, 1.54) is 14.2 Å². The lowest BCUT2D eigenvalue weighted by Crippen LogP contribution is -2.48. The number of benzene rings is 1. The van der Waals surface area contributed by atoms with Crippen LogP contribution in [0.3, 0.4) is 0 Å². The summed E-state index contributed by atoms with van der Waals surface area (Å²) in [5.41, 5.74) is 0.0606. The van der Waals surface area contributed by atoms with Gasteiger partial charge in [-0.1, -0.05) is 30.3 Å². The van der Waals surface area contributed by atoms with E-state index in [0.717, 1.165) is 0 Å². The summed E-state index contributed by atoms with van der Waals surface area (Å²) in [6.07, 6.45) is -0.623. The molecule has 1 aromatic rings. The van der Waals surface area contributed by atoms with Gasteiger partial charge >= 0.3 is 6.09 Å². The van der Waals surface area contributed by atoms with Crippen molar-refractivity contribution in [3.8, 4) is 0 Å². The third kappa shape index (κ3) is 7.31. The molecule has 1 rings (SSSR count). The van der Waals surface area contributed by atoms with Crippen LogP contribution in [0.1, 0.15) is 26.3 Å². The molecule has 7 nitrogen and oxygen atoms in total. The average Bonchev–Trinajstić information content (AvgIpc) is 2.50. The van der Waals surface area contributed by atoms with Crippen LogP contribution in [0.2, 0.25) is 0 Å². The summed E-state index contributed by atoms with van der Waals surface area (Å²) in [4.78, 5) is 12.2. The molecule has 1 N–H and O–H groups in total. The highest BCUT2D eigenvalue weighted by molar-refractivity contribution is 14.1. The third-order valence-corrected chi connectivity index (χ3v) is 3.73. The van der Waals surface area contributed by atoms with Gasteiger partial charge in [0.15, 0.2) is 6.79 Å². The van der Waals surface area contributed by atoms with Crippen molar-refractivity contribution in [1.29, 1.82) is 0 Å². The van der Waals surface area contributed by atoms with Gasteiger partial charge in [-0.2, -0.15) is 0 Å². The number of ether oxygens (including phenoxy) is 5. The van der Waals surface area contributed by atoms with Crippen molar-refractivity contribution in [3.63, 3.8) is 0 Å². The highest BCUT2D eigenvalue weighted by atomic mass is 127. The van der Waals surface area contributed by atoms with Crippen molar-refractivity contribution in [1.82, 2.24) is 5.32 Å². The Morgan fingerprint density at radius 3 is 2.33 bits per heavy atom. The second-order valence-corrected chi connectivity index (χ2v) is 7.32. The van der Waals surface area contributed by atoms with E-state index < -0.39 is 21.9 Å². The number of carbonyl (C=O) groups excluding carboxylic acids is 1. The fourth-order valence-corrected chi connectivity index (χ4v) is 2.45. The molecule has 2 atom stereocenters. The van der Waals surface area contributed by atoms with E-state index in [2.05, 4.69) is 5.32 Å². The third-order valence-electron chi connectivity index (χ3n) is 2.58. The lowest BCUT2D eigenvalue weighted by Gasteiger charge is -2.33. The second-order valence-electron chi connectivity index (χ2n) is 5.80. The van der Waals surface area contributed by atoms with Crippen LogP contribution < -0.4 is 5.32 Å². The van der Waals surface area contributed by atoms with Gasteiger partial charge in [-0.3, -0.25) is 10.1 Å². The zero-order valence-electron chi connectivity index (χ0n) is 14.5. The van der Waals surface area contributed by atoms with E-state index in [-0.39, 0.29) is 6.79 Å². The highest BCUT2D eigenvalue weighted by Gasteiger charge is 2.37. The largest absolute Gasteiger partial charge is 0.444 e. The maximum Gasteiger partial charge on any atom is 0.410 e. The molecule has 0 aliphatic carbocycles. The first-order valence-corrected chi connectivity index (χ1v) is 8.35. The predicted octanol–water partition coefficient (Wildman–Crippen LogP) is 3.32. The molecule has 0 saturated heterocycles. The summed E-state index contributed by atoms with van der Waals surface area (Å²) in [5.74, 6) is 0. The normalized spacial score (nSPS) is 15.4. The first-order chi connectivity index (χ1) is 11.2. The average molecular weight is 453 g/mol. The van der Waals surface area contributed by atoms with Gasteiger partial charge < -0.3 is 18.9 Å². The van der Waals surface area contributed by atoms with E-state index in [0.29, 0.717) is 5.56 Å². The molecule has 1 amide bonds. The number of hydrogen-bond acceptors (Lipinski definition) is 6. The maximum atomic E-state index is 12.2. The number of alkyl halides is 1. The fraction of sp³-hybridized carbons (Fsp3) is 0.562. The minimum absolute atomic E-state index is 0.0214. The van der Waals surface area contributed by atoms with Crippen LogP contribution in [-0.4, -0.2) is 39.2 Å². The van der Waals surface area contributed by atoms with Crippen molar-refractivity contribution >= 4 is 28.7 Å². The Hall–Kier alpha value is -0.940. The minimum atomic E-state index is -1.25. The topological polar surface area (TPSA) is 75.3 Å². The molecule has 136 valence electrons. The van der Waals surface area contributed by atoms with Gasteiger partial charge in [-0.15, -0.1) is 0 Å². The summed E-state index contributed by atoms with van der Waals surface area (Å²) >= 11 is 1.96. The van der Waals surface area contributed by atoms with Crippen LogP contribution in [-0.2, 0) is 27.4 Å². The monoisotopic (exact) mass is 453 g/mol. The van der Waals surface area contributed by atoms with Gasteiger partial charge in [0.05, 0.1) is 0 Å². The van der Waals surface area contributed by atoms with Crippen molar-refractivity contribution in [2.75, 3.05) is 21.0 Å². The van der Waals surface area contributed by atoms with Crippen LogP contribution in [0, 0.1) is 0 Å². The molecule has 0 aliphatic heterocycles. The molecule has 0 fully saturated rings. The van der Waals surface area contributed by atoms with Gasteiger partial charge in [0.25, 0.3) is 6.48 Å². The Labute approximate surface area is 156 Å². The van der Waals surface area contributed by atoms with E-state index >= 15 is 0 Å². The quantitative estimate of drug-likeness (QED) is 0.282. The molecule has 0 radical (unpaired) electrons. The number of carbonyl (C=O) groups is 1. The Kier molecular flexibility index (Phi) is 8.37. The molecule has 1 aromatic carbocycles. The smallest absolute Gasteiger partial charge is 0.410 e. The Balaban J connectivity index is 2.97. The van der Waals surface area contributed by atoms with E-state index in [1.807, 2.05) is 52.9 Å². The van der Waals surface area contributed by atoms with E-state index in [4.69, 9.17) is 23.7 Å². The van der Waals surface area contributed by atoms with E-state index in [1.54, 1.807) is 20.8 Å². The molecule has 8 heteroatoms. The van der Waals surface area contributed by atoms with Gasteiger partial charge in [-0.05, 0) is 43.4 Å². The standard InChI is InChI=1S/C16H24INO6/c1-15(2,3)23-13(19)18-16(17,12-9-7-6-8-10-12)24-14(21-5)22-11-20-4/h6-10,14H,11H2,1-5H3,(H,18,19). The number of methoxy groups -OCH3 is 2. The fourth-order valence-electron chi connectivity index (χ4n) is 1.66. The minimum Gasteiger partial charge on any atom is -0.444 e. The highest BCUT2D eigenvalue weighted by Crippen LogP contribution is 2.32. The Morgan fingerprint density at radius 2 is 1.83 bits per heavy atom. The molecule has 24 heavy (non-hydrogen) atoms. The van der Waals surface area contributed by atoms with Gasteiger partial charge in [0.1, 0.15) is 5.60 Å². The van der Waals surface area contributed by atoms with Gasteiger partial charge in [-0.25, -0.2) is 4.79 Å². The molecule has 0 heterocycles. The Bertz CT molecular complexity index is 507. The Morgan fingerprint density at radius 1 is 1.21 bits per heavy atom. The van der Waals surface area contributed by atoms with Crippen molar-refractivity contribution in [3.05, 3.63) is 35.9 Å². The number of alkyl carbamates (subject to hydrolysis) is 1. The first kappa shape index (κ1) is 21.1. The molecule has 0 aromatic heterocycles. The number of amides is 1. The van der Waals surface area contributed by atoms with Crippen LogP contribution >= 0.6 is 22.6 Å². The number of rotatable bonds is 8. The lowest BCUT2D eigenvalue weighted by atomic mass is 10.2. The van der Waals surface area contributed by atoms with Crippen molar-refractivity contribution in [2.45, 2.75) is 36.6 Å². The molecule has 0 spiro atoms. The summed E-state index contributed by atoms with van der Waals surface area (Å²) in [7, 11) is 2.91. The van der Waals surface area contributed by atoms with Crippen LogP contribution in [0.15, 0.2) is 30.3 Å². The van der Waals surface area contributed by atoms with Gasteiger partial charge in [0.2, 0.25) is 3.73 Å². The molecular formula is C16H24INO6. The van der Waals surface area contributed by atoms with Crippen molar-refractivity contribution < 1.29 is 28.5 Å². The van der Waals surface area contributed by atoms with Crippen molar-refractivity contribution in [2.24, 2.45) is 0 Å². The second kappa shape index (κ2) is 9.52. The van der Waals surface area contributed by atoms with E-state index in [9.17, 15) is 4.79 Å². The molecule has 0 aliphatic rings. The lowest BCUT2D eigenvalue weighted by molar-refractivity contribution is -0.323.